The summed E-state index contributed by atoms with van der Waals surface area (Å²) >= 11 is 0. The molecule has 2 heterocycles. The molecule has 6 heteroatoms. The Hall–Kier alpha value is -1.79. The molecule has 0 unspecified atom stereocenters. The van der Waals surface area contributed by atoms with E-state index in [1.165, 1.54) is 25.7 Å². The van der Waals surface area contributed by atoms with E-state index in [0.717, 1.165) is 83.5 Å². The van der Waals surface area contributed by atoms with Crippen LogP contribution in [-0.4, -0.2) is 63.3 Å². The van der Waals surface area contributed by atoms with Gasteiger partial charge in [-0.3, -0.25) is 9.89 Å². The third-order valence-electron chi connectivity index (χ3n) is 5.37. The fourth-order valence-electron chi connectivity index (χ4n) is 3.72. The van der Waals surface area contributed by atoms with Gasteiger partial charge in [0.15, 0.2) is 5.96 Å². The van der Waals surface area contributed by atoms with Gasteiger partial charge < -0.3 is 19.8 Å². The average molecular weight is 389 g/mol. The van der Waals surface area contributed by atoms with Crippen LogP contribution in [-0.2, 0) is 11.2 Å². The maximum absolute atomic E-state index is 5.42. The summed E-state index contributed by atoms with van der Waals surface area (Å²) in [4.78, 5) is 7.26. The molecular weight excluding hydrogens is 352 g/mol. The molecule has 1 fully saturated rings. The number of ether oxygens (including phenoxy) is 1. The third kappa shape index (κ3) is 8.07. The first-order chi connectivity index (χ1) is 13.9. The van der Waals surface area contributed by atoms with E-state index in [-0.39, 0.29) is 0 Å². The minimum absolute atomic E-state index is 0.825. The van der Waals surface area contributed by atoms with E-state index in [0.29, 0.717) is 0 Å². The number of allylic oxidation sites excluding steroid dienone is 1. The van der Waals surface area contributed by atoms with Crippen LogP contribution in [0.1, 0.15) is 44.3 Å². The Kier molecular flexibility index (Phi) is 9.44. The van der Waals surface area contributed by atoms with Gasteiger partial charge in [-0.15, -0.1) is 0 Å². The summed E-state index contributed by atoms with van der Waals surface area (Å²) in [6.07, 6.45) is 12.4. The lowest BCUT2D eigenvalue weighted by Crippen LogP contribution is -2.39. The van der Waals surface area contributed by atoms with Crippen LogP contribution < -0.4 is 10.6 Å². The van der Waals surface area contributed by atoms with E-state index in [9.17, 15) is 0 Å². The number of hydrogen-bond acceptors (Lipinski definition) is 4. The van der Waals surface area contributed by atoms with E-state index < -0.39 is 0 Å². The molecule has 0 bridgehead atoms. The molecule has 0 atom stereocenters. The third-order valence-corrected chi connectivity index (χ3v) is 5.37. The average Bonchev–Trinajstić information content (AvgIpc) is 3.26. The summed E-state index contributed by atoms with van der Waals surface area (Å²) in [5.41, 5.74) is 1.60. The highest BCUT2D eigenvalue weighted by Crippen LogP contribution is 2.19. The Labute approximate surface area is 169 Å². The van der Waals surface area contributed by atoms with Crippen molar-refractivity contribution in [2.75, 3.05) is 52.5 Å². The SMILES string of the molecule is C1=C(CCNC(=NCCCN2CCOCC2)NCCc2ccco2)CCCC1. The summed E-state index contributed by atoms with van der Waals surface area (Å²) in [6.45, 7) is 7.53. The van der Waals surface area contributed by atoms with Crippen molar-refractivity contribution in [1.82, 2.24) is 15.5 Å². The monoisotopic (exact) mass is 388 g/mol. The van der Waals surface area contributed by atoms with Crippen LogP contribution in [0.15, 0.2) is 39.5 Å². The number of morpholine rings is 1. The lowest BCUT2D eigenvalue weighted by molar-refractivity contribution is 0.0377. The van der Waals surface area contributed by atoms with Gasteiger partial charge in [0.2, 0.25) is 0 Å². The number of aliphatic imine (C=N–C) groups is 1. The fraction of sp³-hybridized carbons (Fsp3) is 0.682. The zero-order valence-corrected chi connectivity index (χ0v) is 17.1. The molecule has 1 saturated heterocycles. The Morgan fingerprint density at radius 1 is 1.11 bits per heavy atom. The maximum atomic E-state index is 5.42. The Bertz CT molecular complexity index is 592. The van der Waals surface area contributed by atoms with Crippen LogP contribution in [0, 0.1) is 0 Å². The Balaban J connectivity index is 1.39. The first-order valence-corrected chi connectivity index (χ1v) is 10.9. The van der Waals surface area contributed by atoms with Gasteiger partial charge >= 0.3 is 0 Å². The molecular formula is C22H36N4O2. The standard InChI is InChI=1S/C22H36N4O2/c1-2-6-20(7-3-1)9-12-24-22(25-13-10-21-8-4-17-28-21)23-11-5-14-26-15-18-27-19-16-26/h4,6,8,17H,1-3,5,7,9-16,18-19H2,(H2,23,24,25). The smallest absolute Gasteiger partial charge is 0.191 e. The molecule has 3 rings (SSSR count). The lowest BCUT2D eigenvalue weighted by atomic mass is 9.97. The van der Waals surface area contributed by atoms with E-state index in [1.54, 1.807) is 11.8 Å². The molecule has 0 radical (unpaired) electrons. The number of furan rings is 1. The van der Waals surface area contributed by atoms with Crippen molar-refractivity contribution in [3.63, 3.8) is 0 Å². The zero-order valence-electron chi connectivity index (χ0n) is 17.1. The highest BCUT2D eigenvalue weighted by Gasteiger charge is 2.09. The molecule has 2 aliphatic rings. The molecule has 2 N–H and O–H groups in total. The molecule has 1 aromatic heterocycles. The van der Waals surface area contributed by atoms with Crippen molar-refractivity contribution in [2.45, 2.75) is 44.9 Å². The van der Waals surface area contributed by atoms with Gasteiger partial charge in [0, 0.05) is 45.7 Å². The van der Waals surface area contributed by atoms with Crippen LogP contribution in [0.25, 0.3) is 0 Å². The number of nitrogens with one attached hydrogen (secondary N) is 2. The van der Waals surface area contributed by atoms with Gasteiger partial charge in [0.1, 0.15) is 5.76 Å². The highest BCUT2D eigenvalue weighted by atomic mass is 16.5. The Morgan fingerprint density at radius 3 is 2.71 bits per heavy atom. The van der Waals surface area contributed by atoms with Crippen molar-refractivity contribution >= 4 is 5.96 Å². The summed E-state index contributed by atoms with van der Waals surface area (Å²) in [5, 5.41) is 6.98. The van der Waals surface area contributed by atoms with Gasteiger partial charge in [-0.1, -0.05) is 11.6 Å². The van der Waals surface area contributed by atoms with Crippen molar-refractivity contribution in [3.05, 3.63) is 35.8 Å². The number of rotatable bonds is 10. The number of nitrogens with zero attached hydrogens (tertiary/aromatic N) is 2. The van der Waals surface area contributed by atoms with E-state index in [4.69, 9.17) is 14.1 Å². The second kappa shape index (κ2) is 12.6. The highest BCUT2D eigenvalue weighted by molar-refractivity contribution is 5.79. The van der Waals surface area contributed by atoms with E-state index in [1.807, 2.05) is 12.1 Å². The number of hydrogen-bond donors (Lipinski definition) is 2. The summed E-state index contributed by atoms with van der Waals surface area (Å²) < 4.78 is 10.8. The van der Waals surface area contributed by atoms with E-state index in [2.05, 4.69) is 21.6 Å². The second-order valence-electron chi connectivity index (χ2n) is 7.58. The molecule has 0 spiro atoms. The van der Waals surface area contributed by atoms with Crippen LogP contribution in [0.4, 0.5) is 0 Å². The van der Waals surface area contributed by atoms with Gasteiger partial charge in [0.25, 0.3) is 0 Å². The molecule has 28 heavy (non-hydrogen) atoms. The molecule has 1 aliphatic heterocycles. The topological polar surface area (TPSA) is 62.0 Å². The van der Waals surface area contributed by atoms with Crippen molar-refractivity contribution < 1.29 is 9.15 Å². The van der Waals surface area contributed by atoms with Crippen LogP contribution in [0.5, 0.6) is 0 Å². The summed E-state index contributed by atoms with van der Waals surface area (Å²) in [7, 11) is 0. The molecule has 0 aromatic carbocycles. The van der Waals surface area contributed by atoms with Gasteiger partial charge in [-0.2, -0.15) is 0 Å². The summed E-state index contributed by atoms with van der Waals surface area (Å²) in [5.74, 6) is 1.93. The lowest BCUT2D eigenvalue weighted by Gasteiger charge is -2.26. The largest absolute Gasteiger partial charge is 0.469 e. The van der Waals surface area contributed by atoms with E-state index >= 15 is 0 Å². The van der Waals surface area contributed by atoms with Crippen LogP contribution >= 0.6 is 0 Å². The minimum Gasteiger partial charge on any atom is -0.469 e. The molecule has 1 aliphatic carbocycles. The minimum atomic E-state index is 0.825. The van der Waals surface area contributed by atoms with Crippen LogP contribution in [0.2, 0.25) is 0 Å². The van der Waals surface area contributed by atoms with Crippen molar-refractivity contribution in [3.8, 4) is 0 Å². The summed E-state index contributed by atoms with van der Waals surface area (Å²) in [6, 6.07) is 3.95. The maximum Gasteiger partial charge on any atom is 0.191 e. The van der Waals surface area contributed by atoms with Crippen molar-refractivity contribution in [1.29, 1.82) is 0 Å². The van der Waals surface area contributed by atoms with Gasteiger partial charge in [0.05, 0.1) is 19.5 Å². The molecule has 0 saturated carbocycles. The first kappa shape index (κ1) is 20.9. The molecule has 156 valence electrons. The quantitative estimate of drug-likeness (QED) is 0.279. The normalized spacial score (nSPS) is 18.7. The van der Waals surface area contributed by atoms with Crippen LogP contribution in [0.3, 0.4) is 0 Å². The Morgan fingerprint density at radius 2 is 1.96 bits per heavy atom. The van der Waals surface area contributed by atoms with Crippen molar-refractivity contribution in [2.24, 2.45) is 4.99 Å². The zero-order chi connectivity index (χ0) is 19.3. The second-order valence-corrected chi connectivity index (χ2v) is 7.58. The molecule has 1 aromatic rings. The predicted molar refractivity (Wildman–Crippen MR) is 114 cm³/mol. The molecule has 6 nitrogen and oxygen atoms in total. The van der Waals surface area contributed by atoms with Gasteiger partial charge in [-0.25, -0.2) is 0 Å². The molecule has 0 amide bonds. The predicted octanol–water partition coefficient (Wildman–Crippen LogP) is 2.97. The fourth-order valence-corrected chi connectivity index (χ4v) is 3.72. The number of guanidine groups is 1. The first-order valence-electron chi connectivity index (χ1n) is 10.9. The van der Waals surface area contributed by atoms with Gasteiger partial charge in [-0.05, 0) is 50.7 Å².